The van der Waals surface area contributed by atoms with Gasteiger partial charge in [-0.05, 0) is 78.0 Å². The molecule has 1 amide bonds. The number of hydrogen-bond acceptors (Lipinski definition) is 13. The van der Waals surface area contributed by atoms with E-state index >= 15 is 4.79 Å². The van der Waals surface area contributed by atoms with E-state index in [0.717, 1.165) is 32.4 Å². The number of carbonyl (C=O) groups excluding carboxylic acids is 3. The monoisotopic (exact) mass is 848 g/mol. The molecule has 14 nitrogen and oxygen atoms in total. The minimum absolute atomic E-state index is 0.00785. The lowest BCUT2D eigenvalue weighted by Gasteiger charge is -2.36. The number of benzene rings is 3. The van der Waals surface area contributed by atoms with Crippen molar-refractivity contribution in [3.8, 4) is 28.7 Å². The fraction of sp³-hybridized carbons (Fsp3) is 0.479. The van der Waals surface area contributed by atoms with Crippen LogP contribution < -0.4 is 25.1 Å². The molecule has 5 heterocycles. The van der Waals surface area contributed by atoms with Gasteiger partial charge in [-0.25, -0.2) is 4.98 Å². The number of hydrogen-bond donors (Lipinski definition) is 2. The number of phenols is 1. The zero-order valence-corrected chi connectivity index (χ0v) is 36.9. The van der Waals surface area contributed by atoms with Gasteiger partial charge in [0, 0.05) is 73.2 Å². The fourth-order valence-electron chi connectivity index (χ4n) is 9.53. The number of esters is 1. The van der Waals surface area contributed by atoms with Crippen LogP contribution in [0.25, 0.3) is 33.3 Å². The van der Waals surface area contributed by atoms with Crippen molar-refractivity contribution in [3.05, 3.63) is 69.6 Å². The summed E-state index contributed by atoms with van der Waals surface area (Å²) in [5, 5.41) is 14.5. The van der Waals surface area contributed by atoms with Crippen LogP contribution in [0.15, 0.2) is 57.5 Å². The van der Waals surface area contributed by atoms with Gasteiger partial charge in [0.15, 0.2) is 11.3 Å². The molecule has 2 aromatic carbocycles. The Labute approximate surface area is 360 Å². The summed E-state index contributed by atoms with van der Waals surface area (Å²) in [5.74, 6) is -3.75. The third-order valence-electron chi connectivity index (χ3n) is 12.9. The highest BCUT2D eigenvalue weighted by molar-refractivity contribution is 6.22. The van der Waals surface area contributed by atoms with Crippen LogP contribution in [0.2, 0.25) is 0 Å². The highest BCUT2D eigenvalue weighted by atomic mass is 16.7. The van der Waals surface area contributed by atoms with Crippen molar-refractivity contribution in [3.63, 3.8) is 0 Å². The summed E-state index contributed by atoms with van der Waals surface area (Å²) in [5.41, 5.74) is 0.708. The maximum absolute atomic E-state index is 15.5. The summed E-state index contributed by atoms with van der Waals surface area (Å²) in [6.07, 6.45) is 10.6. The number of aromatic hydroxyl groups is 1. The maximum Gasteiger partial charge on any atom is 0.312 e. The molecule has 6 aliphatic rings. The standard InChI is InChI=1S/C48H56N4O10/c1-24-12-10-13-27(4)47(57)50-40-41(55)36-35(39-45(40)60-33-23-31(22-32(54)38(33)49-39)52-17-15-30(16-18-52)51(8)9)37-44-28(5)43(36)61-34(21-25(2)20-24)42(59-29(6)53)26(3)14-11-19-58-48(7,62-44)46(37)56/h10-13,19,22-26,30,34,42,54H,14-18,20-21H2,1-9H3,(H,50,57)/b12-10+,19-11+,27-13-/t24?,25-,26-,34?,42?,48+/m1/s1. The highest BCUT2D eigenvalue weighted by Gasteiger charge is 2.50. The largest absolute Gasteiger partial charge is 0.505 e. The number of anilines is 2. The van der Waals surface area contributed by atoms with Gasteiger partial charge in [0.25, 0.3) is 11.7 Å². The number of ether oxygens (including phenoxy) is 4. The van der Waals surface area contributed by atoms with Crippen LogP contribution in [-0.2, 0) is 19.1 Å². The molecule has 6 bridgehead atoms. The second kappa shape index (κ2) is 16.4. The van der Waals surface area contributed by atoms with Crippen LogP contribution in [0.3, 0.4) is 0 Å². The summed E-state index contributed by atoms with van der Waals surface area (Å²) in [7, 11) is 4.14. The van der Waals surface area contributed by atoms with Gasteiger partial charge in [-0.1, -0.05) is 39.0 Å². The van der Waals surface area contributed by atoms with E-state index in [1.807, 2.05) is 19.1 Å². The van der Waals surface area contributed by atoms with Crippen molar-refractivity contribution < 1.29 is 42.9 Å². The molecule has 0 spiro atoms. The molecule has 14 heteroatoms. The van der Waals surface area contributed by atoms with Gasteiger partial charge < -0.3 is 43.6 Å². The fourth-order valence-corrected chi connectivity index (χ4v) is 9.53. The van der Waals surface area contributed by atoms with Gasteiger partial charge in [-0.3, -0.25) is 19.2 Å². The number of Topliss-reactive ketones (excluding diaryl/α,β-unsaturated/α-hetero) is 1. The molecule has 1 aliphatic carbocycles. The van der Waals surface area contributed by atoms with Crippen LogP contribution >= 0.6 is 0 Å². The first-order valence-corrected chi connectivity index (χ1v) is 21.6. The molecule has 62 heavy (non-hydrogen) atoms. The number of nitrogens with one attached hydrogen (secondary N) is 1. The Morgan fingerprint density at radius 3 is 2.50 bits per heavy atom. The molecule has 328 valence electrons. The van der Waals surface area contributed by atoms with Gasteiger partial charge in [-0.15, -0.1) is 0 Å². The van der Waals surface area contributed by atoms with Gasteiger partial charge in [0.2, 0.25) is 5.43 Å². The first kappa shape index (κ1) is 42.8. The highest BCUT2D eigenvalue weighted by Crippen LogP contribution is 2.52. The van der Waals surface area contributed by atoms with Gasteiger partial charge >= 0.3 is 11.8 Å². The minimum atomic E-state index is -1.86. The van der Waals surface area contributed by atoms with E-state index in [1.165, 1.54) is 20.1 Å². The number of allylic oxidation sites excluding steroid dienone is 4. The molecule has 6 atom stereocenters. The molecule has 1 fully saturated rings. The second-order valence-electron chi connectivity index (χ2n) is 18.0. The molecule has 8 rings (SSSR count). The summed E-state index contributed by atoms with van der Waals surface area (Å²) in [4.78, 5) is 66.5. The topological polar surface area (TPSA) is 170 Å². The zero-order chi connectivity index (χ0) is 44.4. The van der Waals surface area contributed by atoms with E-state index in [9.17, 15) is 19.5 Å². The first-order valence-electron chi connectivity index (χ1n) is 21.6. The van der Waals surface area contributed by atoms with Crippen LogP contribution in [0.1, 0.15) is 89.6 Å². The van der Waals surface area contributed by atoms with Crippen molar-refractivity contribution in [2.45, 2.75) is 105 Å². The molecule has 1 saturated heterocycles. The number of aromatic nitrogens is 1. The van der Waals surface area contributed by atoms with Crippen molar-refractivity contribution in [1.82, 2.24) is 9.88 Å². The quantitative estimate of drug-likeness (QED) is 0.116. The van der Waals surface area contributed by atoms with Crippen LogP contribution in [-0.4, -0.2) is 83.9 Å². The molecule has 0 saturated carbocycles. The van der Waals surface area contributed by atoms with Crippen LogP contribution in [0.5, 0.6) is 17.2 Å². The number of rotatable bonds is 3. The number of carbonyl (C=O) groups is 3. The number of ketones is 1. The Bertz CT molecular complexity index is 2600. The van der Waals surface area contributed by atoms with Gasteiger partial charge in [0.1, 0.15) is 46.4 Å². The van der Waals surface area contributed by atoms with Crippen molar-refractivity contribution in [2.75, 3.05) is 37.4 Å². The Morgan fingerprint density at radius 1 is 1.05 bits per heavy atom. The maximum atomic E-state index is 15.5. The molecular weight excluding hydrogens is 793 g/mol. The summed E-state index contributed by atoms with van der Waals surface area (Å²) >= 11 is 0. The Morgan fingerprint density at radius 2 is 1.79 bits per heavy atom. The average Bonchev–Trinajstić information content (AvgIpc) is 3.49. The molecule has 5 aliphatic heterocycles. The summed E-state index contributed by atoms with van der Waals surface area (Å²) < 4.78 is 32.4. The predicted molar refractivity (Wildman–Crippen MR) is 236 cm³/mol. The number of piperidine rings is 1. The van der Waals surface area contributed by atoms with Crippen molar-refractivity contribution in [1.29, 1.82) is 0 Å². The lowest BCUT2D eigenvalue weighted by molar-refractivity contribution is -0.155. The van der Waals surface area contributed by atoms with Gasteiger partial charge in [0.05, 0.1) is 17.2 Å². The smallest absolute Gasteiger partial charge is 0.312 e. The Balaban J connectivity index is 1.46. The SMILES string of the molecule is CC(=O)OC1C2C[C@H](C)CC(C)/C=C/C=C(/C)C(=O)Nc3c4oc5cc(N6CCC(N(C)C)CC6)cc(O)c5nc-4c4c5c(c(C)c(c4c3=O)O2)O[C@](C)(O/C=C/C[C@H]1C)C5=O. The van der Waals surface area contributed by atoms with Crippen molar-refractivity contribution >= 4 is 50.9 Å². The Hall–Kier alpha value is -5.89. The third kappa shape index (κ3) is 7.67. The summed E-state index contributed by atoms with van der Waals surface area (Å²) in [6, 6.07) is 3.84. The predicted octanol–water partition coefficient (Wildman–Crippen LogP) is 8.04. The number of fused-ring (bicyclic) bond motifs is 8. The van der Waals surface area contributed by atoms with Crippen LogP contribution in [0.4, 0.5) is 11.4 Å². The molecule has 3 unspecified atom stereocenters. The molecular formula is C48H56N4O10. The van der Waals surface area contributed by atoms with Crippen molar-refractivity contribution in [2.24, 2.45) is 17.8 Å². The number of amides is 1. The van der Waals surface area contributed by atoms with E-state index < -0.39 is 41.1 Å². The zero-order valence-electron chi connectivity index (χ0n) is 36.9. The van der Waals surface area contributed by atoms with Gasteiger partial charge in [-0.2, -0.15) is 0 Å². The molecule has 2 N–H and O–H groups in total. The first-order chi connectivity index (χ1) is 29.4. The molecule has 0 radical (unpaired) electrons. The lowest BCUT2D eigenvalue weighted by atomic mass is 9.86. The number of nitrogens with zero attached hydrogens (tertiary/aromatic N) is 3. The lowest BCUT2D eigenvalue weighted by Crippen LogP contribution is -2.41. The van der Waals surface area contributed by atoms with Crippen LogP contribution in [0, 0.1) is 24.7 Å². The molecule has 0 aromatic heterocycles. The third-order valence-corrected chi connectivity index (χ3v) is 12.9. The molecule has 2 aromatic rings. The van der Waals surface area contributed by atoms with E-state index in [0.29, 0.717) is 35.7 Å². The number of phenolic OH excluding ortho intramolecular Hbond substituents is 1. The normalized spacial score (nSPS) is 27.9. The minimum Gasteiger partial charge on any atom is -0.505 e. The van der Waals surface area contributed by atoms with E-state index in [4.69, 9.17) is 28.3 Å². The average molecular weight is 849 g/mol. The Kier molecular flexibility index (Phi) is 11.3. The van der Waals surface area contributed by atoms with E-state index in [-0.39, 0.29) is 79.6 Å². The van der Waals surface area contributed by atoms with E-state index in [2.05, 4.69) is 43.1 Å². The summed E-state index contributed by atoms with van der Waals surface area (Å²) in [6.45, 7) is 13.8. The van der Waals surface area contributed by atoms with E-state index in [1.54, 1.807) is 38.1 Å². The second-order valence-corrected chi connectivity index (χ2v) is 18.0.